The number of carboxylic acids is 1. The maximum absolute atomic E-state index is 12.6. The number of aromatic nitrogens is 2. The van der Waals surface area contributed by atoms with Crippen molar-refractivity contribution in [2.24, 2.45) is 4.99 Å². The highest BCUT2D eigenvalue weighted by Crippen LogP contribution is 2.15. The van der Waals surface area contributed by atoms with E-state index in [0.717, 1.165) is 4.57 Å². The molecule has 138 valence electrons. The van der Waals surface area contributed by atoms with Crippen LogP contribution in [-0.4, -0.2) is 26.4 Å². The zero-order chi connectivity index (χ0) is 19.3. The summed E-state index contributed by atoms with van der Waals surface area (Å²) in [6.45, 7) is 4.47. The van der Waals surface area contributed by atoms with Gasteiger partial charge >= 0.3 is 11.7 Å². The van der Waals surface area contributed by atoms with Crippen LogP contribution in [0.2, 0.25) is 0 Å². The molecule has 0 bridgehead atoms. The third kappa shape index (κ3) is 3.90. The maximum atomic E-state index is 12.6. The first kappa shape index (κ1) is 19.2. The molecule has 0 spiro atoms. The van der Waals surface area contributed by atoms with E-state index < -0.39 is 17.2 Å². The van der Waals surface area contributed by atoms with Crippen LogP contribution in [0.1, 0.15) is 42.6 Å². The number of aliphatic imine (C=N–C) groups is 1. The predicted molar refractivity (Wildman–Crippen MR) is 101 cm³/mol. The van der Waals surface area contributed by atoms with Gasteiger partial charge < -0.3 is 10.8 Å². The van der Waals surface area contributed by atoms with Gasteiger partial charge in [-0.25, -0.2) is 14.6 Å². The van der Waals surface area contributed by atoms with Gasteiger partial charge in [-0.2, -0.15) is 0 Å². The molecule has 0 unspecified atom stereocenters. The summed E-state index contributed by atoms with van der Waals surface area (Å²) < 4.78 is 2.50. The van der Waals surface area contributed by atoms with Crippen LogP contribution in [0, 0.1) is 0 Å². The lowest BCUT2D eigenvalue weighted by atomic mass is 10.1. The van der Waals surface area contributed by atoms with Crippen LogP contribution in [0.5, 0.6) is 0 Å². The Morgan fingerprint density at radius 2 is 1.69 bits per heavy atom. The largest absolute Gasteiger partial charge is 0.478 e. The molecule has 0 saturated heterocycles. The fourth-order valence-electron chi connectivity index (χ4n) is 2.53. The number of nitrogens with zero attached hydrogens (tertiary/aromatic N) is 3. The molecular formula is C18H22N4O4. The quantitative estimate of drug-likeness (QED) is 0.732. The van der Waals surface area contributed by atoms with Crippen molar-refractivity contribution in [2.45, 2.75) is 39.8 Å². The molecule has 8 heteroatoms. The average molecular weight is 358 g/mol. The number of hydrogen-bond donors (Lipinski definition) is 2. The standard InChI is InChI=1S/C18H22N4O4/c1-3-9-21-15(19)14(16(23)22(10-4-2)18(21)26)20-11-12-5-7-13(8-6-12)17(24)25/h5-8,11H,3-4,9-10,19H2,1-2H3,(H,24,25). The predicted octanol–water partition coefficient (Wildman–Crippen LogP) is 1.86. The van der Waals surface area contributed by atoms with E-state index in [-0.39, 0.29) is 23.6 Å². The highest BCUT2D eigenvalue weighted by Gasteiger charge is 2.15. The molecule has 1 aromatic heterocycles. The van der Waals surface area contributed by atoms with E-state index in [0.29, 0.717) is 24.9 Å². The molecule has 26 heavy (non-hydrogen) atoms. The second kappa shape index (κ2) is 8.28. The second-order valence-corrected chi connectivity index (χ2v) is 5.81. The van der Waals surface area contributed by atoms with Crippen LogP contribution >= 0.6 is 0 Å². The summed E-state index contributed by atoms with van der Waals surface area (Å²) >= 11 is 0. The van der Waals surface area contributed by atoms with Crippen molar-refractivity contribution in [2.75, 3.05) is 5.73 Å². The molecule has 0 fully saturated rings. The lowest BCUT2D eigenvalue weighted by molar-refractivity contribution is 0.0697. The Hall–Kier alpha value is -3.16. The van der Waals surface area contributed by atoms with Crippen molar-refractivity contribution in [1.29, 1.82) is 0 Å². The number of hydrogen-bond acceptors (Lipinski definition) is 5. The molecule has 0 saturated carbocycles. The number of nitrogen functional groups attached to an aromatic ring is 1. The van der Waals surface area contributed by atoms with Crippen molar-refractivity contribution in [3.63, 3.8) is 0 Å². The Morgan fingerprint density at radius 3 is 2.23 bits per heavy atom. The Balaban J connectivity index is 2.52. The number of anilines is 1. The fraction of sp³-hybridized carbons (Fsp3) is 0.333. The van der Waals surface area contributed by atoms with Crippen molar-refractivity contribution in [3.05, 3.63) is 56.2 Å². The van der Waals surface area contributed by atoms with E-state index in [9.17, 15) is 14.4 Å². The van der Waals surface area contributed by atoms with E-state index in [4.69, 9.17) is 10.8 Å². The molecule has 8 nitrogen and oxygen atoms in total. The van der Waals surface area contributed by atoms with Crippen molar-refractivity contribution in [1.82, 2.24) is 9.13 Å². The molecule has 3 N–H and O–H groups in total. The molecular weight excluding hydrogens is 336 g/mol. The summed E-state index contributed by atoms with van der Waals surface area (Å²) in [6.07, 6.45) is 2.75. The Labute approximate surface area is 150 Å². The SMILES string of the molecule is CCCn1c(N)c(N=Cc2ccc(C(=O)O)cc2)c(=O)n(CCC)c1=O. The number of carbonyl (C=O) groups is 1. The summed E-state index contributed by atoms with van der Waals surface area (Å²) in [5, 5.41) is 8.92. The molecule has 2 rings (SSSR count). The van der Waals surface area contributed by atoms with Gasteiger partial charge in [-0.05, 0) is 30.5 Å². The number of rotatable bonds is 7. The van der Waals surface area contributed by atoms with Gasteiger partial charge in [0.1, 0.15) is 5.82 Å². The van der Waals surface area contributed by atoms with Gasteiger partial charge in [0.15, 0.2) is 5.69 Å². The summed E-state index contributed by atoms with van der Waals surface area (Å²) in [6, 6.07) is 6.05. The third-order valence-corrected chi connectivity index (χ3v) is 3.84. The third-order valence-electron chi connectivity index (χ3n) is 3.84. The minimum atomic E-state index is -1.02. The van der Waals surface area contributed by atoms with Gasteiger partial charge in [0.2, 0.25) is 0 Å². The Kier molecular flexibility index (Phi) is 6.11. The lowest BCUT2D eigenvalue weighted by Crippen LogP contribution is -2.41. The first-order chi connectivity index (χ1) is 12.4. The van der Waals surface area contributed by atoms with E-state index in [1.165, 1.54) is 22.9 Å². The topological polar surface area (TPSA) is 120 Å². The molecule has 0 atom stereocenters. The van der Waals surface area contributed by atoms with Crippen LogP contribution in [0.25, 0.3) is 0 Å². The molecule has 1 aromatic carbocycles. The van der Waals surface area contributed by atoms with E-state index in [2.05, 4.69) is 4.99 Å². The van der Waals surface area contributed by atoms with Crippen LogP contribution in [0.3, 0.4) is 0 Å². The zero-order valence-corrected chi connectivity index (χ0v) is 14.8. The average Bonchev–Trinajstić information content (AvgIpc) is 2.62. The monoisotopic (exact) mass is 358 g/mol. The van der Waals surface area contributed by atoms with Gasteiger partial charge in [0, 0.05) is 19.3 Å². The highest BCUT2D eigenvalue weighted by molar-refractivity contribution is 5.89. The minimum Gasteiger partial charge on any atom is -0.478 e. The van der Waals surface area contributed by atoms with Crippen molar-refractivity contribution in [3.8, 4) is 0 Å². The van der Waals surface area contributed by atoms with Crippen LogP contribution in [0.4, 0.5) is 11.5 Å². The number of carboxylic acid groups (broad SMARTS) is 1. The van der Waals surface area contributed by atoms with Crippen LogP contribution in [-0.2, 0) is 13.1 Å². The first-order valence-corrected chi connectivity index (χ1v) is 8.41. The van der Waals surface area contributed by atoms with E-state index in [1.807, 2.05) is 13.8 Å². The zero-order valence-electron chi connectivity index (χ0n) is 14.8. The second-order valence-electron chi connectivity index (χ2n) is 5.81. The summed E-state index contributed by atoms with van der Waals surface area (Å²) in [5.74, 6) is -0.987. The van der Waals surface area contributed by atoms with Crippen molar-refractivity contribution >= 4 is 23.7 Å². The molecule has 0 aliphatic rings. The first-order valence-electron chi connectivity index (χ1n) is 8.41. The van der Waals surface area contributed by atoms with Crippen LogP contribution < -0.4 is 17.0 Å². The normalized spacial score (nSPS) is 11.2. The molecule has 0 amide bonds. The summed E-state index contributed by atoms with van der Waals surface area (Å²) in [5.41, 5.74) is 5.84. The molecule has 0 aliphatic heterocycles. The number of benzene rings is 1. The molecule has 0 radical (unpaired) electrons. The van der Waals surface area contributed by atoms with Gasteiger partial charge in [0.05, 0.1) is 5.56 Å². The van der Waals surface area contributed by atoms with E-state index >= 15 is 0 Å². The smallest absolute Gasteiger partial charge is 0.335 e. The fourth-order valence-corrected chi connectivity index (χ4v) is 2.53. The summed E-state index contributed by atoms with van der Waals surface area (Å²) in [7, 11) is 0. The van der Waals surface area contributed by atoms with E-state index in [1.54, 1.807) is 12.1 Å². The Bertz CT molecular complexity index is 939. The molecule has 0 aliphatic carbocycles. The Morgan fingerprint density at radius 1 is 1.12 bits per heavy atom. The van der Waals surface area contributed by atoms with Gasteiger partial charge in [-0.15, -0.1) is 0 Å². The van der Waals surface area contributed by atoms with Crippen LogP contribution in [0.15, 0.2) is 38.8 Å². The maximum Gasteiger partial charge on any atom is 0.335 e. The minimum absolute atomic E-state index is 0.00816. The lowest BCUT2D eigenvalue weighted by Gasteiger charge is -2.13. The number of aromatic carboxylic acids is 1. The van der Waals surface area contributed by atoms with Crippen molar-refractivity contribution < 1.29 is 9.90 Å². The van der Waals surface area contributed by atoms with Gasteiger partial charge in [-0.1, -0.05) is 26.0 Å². The molecule has 1 heterocycles. The number of nitrogens with two attached hydrogens (primary N) is 1. The summed E-state index contributed by atoms with van der Waals surface area (Å²) in [4.78, 5) is 40.1. The molecule has 2 aromatic rings. The highest BCUT2D eigenvalue weighted by atomic mass is 16.4. The van der Waals surface area contributed by atoms with Gasteiger partial charge in [-0.3, -0.25) is 13.9 Å². The van der Waals surface area contributed by atoms with Gasteiger partial charge in [0.25, 0.3) is 5.56 Å².